The van der Waals surface area contributed by atoms with E-state index in [-0.39, 0.29) is 0 Å². The van der Waals surface area contributed by atoms with Gasteiger partial charge in [-0.15, -0.1) is 0 Å². The summed E-state index contributed by atoms with van der Waals surface area (Å²) in [5.41, 5.74) is 1.23. The van der Waals surface area contributed by atoms with Crippen LogP contribution >= 0.6 is 0 Å². The molecular weight excluding hydrogens is 226 g/mol. The molecule has 0 spiro atoms. The van der Waals surface area contributed by atoms with E-state index in [0.717, 1.165) is 24.0 Å². The summed E-state index contributed by atoms with van der Waals surface area (Å²) in [6.07, 6.45) is 3.95. The molecule has 18 heavy (non-hydrogen) atoms. The van der Waals surface area contributed by atoms with Gasteiger partial charge in [-0.2, -0.15) is 0 Å². The quantitative estimate of drug-likeness (QED) is 0.840. The first-order chi connectivity index (χ1) is 8.80. The molecule has 0 bridgehead atoms. The van der Waals surface area contributed by atoms with Crippen LogP contribution < -0.4 is 14.8 Å². The first-order valence-electron chi connectivity index (χ1n) is 6.75. The van der Waals surface area contributed by atoms with Crippen molar-refractivity contribution in [3.05, 3.63) is 23.8 Å². The van der Waals surface area contributed by atoms with Crippen molar-refractivity contribution in [2.75, 3.05) is 20.8 Å². The third-order valence-electron chi connectivity index (χ3n) is 3.82. The SMILES string of the molecule is CCNC(c1cc(OC)ccc1OC)C1CCC1. The number of nitrogens with one attached hydrogen (secondary N) is 1. The molecule has 1 aromatic carbocycles. The van der Waals surface area contributed by atoms with E-state index < -0.39 is 0 Å². The van der Waals surface area contributed by atoms with Crippen LogP contribution in [0.3, 0.4) is 0 Å². The molecule has 0 heterocycles. The molecule has 1 saturated carbocycles. The maximum Gasteiger partial charge on any atom is 0.123 e. The van der Waals surface area contributed by atoms with E-state index in [1.54, 1.807) is 14.2 Å². The van der Waals surface area contributed by atoms with Crippen molar-refractivity contribution < 1.29 is 9.47 Å². The molecule has 1 unspecified atom stereocenters. The van der Waals surface area contributed by atoms with E-state index in [1.165, 1.54) is 24.8 Å². The van der Waals surface area contributed by atoms with Crippen LogP contribution in [0.2, 0.25) is 0 Å². The molecule has 3 heteroatoms. The van der Waals surface area contributed by atoms with Crippen LogP contribution in [0.15, 0.2) is 18.2 Å². The third-order valence-corrected chi connectivity index (χ3v) is 3.82. The Morgan fingerprint density at radius 2 is 2.06 bits per heavy atom. The average molecular weight is 249 g/mol. The van der Waals surface area contributed by atoms with Gasteiger partial charge in [0.15, 0.2) is 0 Å². The van der Waals surface area contributed by atoms with Gasteiger partial charge in [0.2, 0.25) is 0 Å². The molecule has 0 saturated heterocycles. The van der Waals surface area contributed by atoms with Crippen LogP contribution in [0.25, 0.3) is 0 Å². The zero-order valence-corrected chi connectivity index (χ0v) is 11.5. The topological polar surface area (TPSA) is 30.5 Å². The van der Waals surface area contributed by atoms with Crippen LogP contribution in [0, 0.1) is 5.92 Å². The fraction of sp³-hybridized carbons (Fsp3) is 0.600. The van der Waals surface area contributed by atoms with Gasteiger partial charge in [-0.1, -0.05) is 13.3 Å². The van der Waals surface area contributed by atoms with E-state index in [4.69, 9.17) is 9.47 Å². The summed E-state index contributed by atoms with van der Waals surface area (Å²) in [5.74, 6) is 2.58. The van der Waals surface area contributed by atoms with Crippen molar-refractivity contribution in [1.29, 1.82) is 0 Å². The minimum absolute atomic E-state index is 0.383. The first-order valence-corrected chi connectivity index (χ1v) is 6.75. The highest BCUT2D eigenvalue weighted by Gasteiger charge is 2.30. The smallest absolute Gasteiger partial charge is 0.123 e. The highest BCUT2D eigenvalue weighted by Crippen LogP contribution is 2.41. The predicted octanol–water partition coefficient (Wildman–Crippen LogP) is 3.15. The van der Waals surface area contributed by atoms with Gasteiger partial charge in [-0.25, -0.2) is 0 Å². The molecule has 0 radical (unpaired) electrons. The van der Waals surface area contributed by atoms with Crippen molar-refractivity contribution in [3.8, 4) is 11.5 Å². The molecule has 1 fully saturated rings. The second kappa shape index (κ2) is 6.10. The summed E-state index contributed by atoms with van der Waals surface area (Å²) in [6, 6.07) is 6.43. The monoisotopic (exact) mass is 249 g/mol. The molecule has 0 aromatic heterocycles. The van der Waals surface area contributed by atoms with E-state index >= 15 is 0 Å². The number of hydrogen-bond donors (Lipinski definition) is 1. The molecule has 1 aliphatic rings. The van der Waals surface area contributed by atoms with Crippen LogP contribution in [0.4, 0.5) is 0 Å². The third kappa shape index (κ3) is 2.61. The van der Waals surface area contributed by atoms with Crippen LogP contribution in [-0.4, -0.2) is 20.8 Å². The Bertz CT molecular complexity index is 388. The first kappa shape index (κ1) is 13.2. The molecule has 1 aliphatic carbocycles. The highest BCUT2D eigenvalue weighted by atomic mass is 16.5. The zero-order chi connectivity index (χ0) is 13.0. The normalized spacial score (nSPS) is 17.1. The lowest BCUT2D eigenvalue weighted by molar-refractivity contribution is 0.228. The number of methoxy groups -OCH3 is 2. The van der Waals surface area contributed by atoms with Crippen LogP contribution in [0.1, 0.15) is 37.8 Å². The molecule has 3 nitrogen and oxygen atoms in total. The Morgan fingerprint density at radius 1 is 1.28 bits per heavy atom. The second-order valence-electron chi connectivity index (χ2n) is 4.83. The minimum Gasteiger partial charge on any atom is -0.497 e. The number of hydrogen-bond acceptors (Lipinski definition) is 3. The summed E-state index contributed by atoms with van der Waals surface area (Å²) in [4.78, 5) is 0. The Balaban J connectivity index is 2.31. The van der Waals surface area contributed by atoms with Gasteiger partial charge in [0, 0.05) is 11.6 Å². The molecule has 1 N–H and O–H groups in total. The summed E-state index contributed by atoms with van der Waals surface area (Å²) >= 11 is 0. The lowest BCUT2D eigenvalue weighted by Crippen LogP contribution is -2.32. The molecular formula is C15H23NO2. The number of rotatable bonds is 6. The van der Waals surface area contributed by atoms with Gasteiger partial charge in [0.1, 0.15) is 11.5 Å². The van der Waals surface area contributed by atoms with E-state index in [0.29, 0.717) is 6.04 Å². The summed E-state index contributed by atoms with van der Waals surface area (Å²) < 4.78 is 10.8. The van der Waals surface area contributed by atoms with Gasteiger partial charge in [0.25, 0.3) is 0 Å². The molecule has 1 atom stereocenters. The lowest BCUT2D eigenvalue weighted by Gasteiger charge is -2.35. The lowest BCUT2D eigenvalue weighted by atomic mass is 9.77. The van der Waals surface area contributed by atoms with Gasteiger partial charge >= 0.3 is 0 Å². The van der Waals surface area contributed by atoms with Gasteiger partial charge < -0.3 is 14.8 Å². The number of ether oxygens (including phenoxy) is 2. The van der Waals surface area contributed by atoms with E-state index in [1.807, 2.05) is 12.1 Å². The summed E-state index contributed by atoms with van der Waals surface area (Å²) in [6.45, 7) is 3.12. The maximum atomic E-state index is 5.50. The minimum atomic E-state index is 0.383. The fourth-order valence-corrected chi connectivity index (χ4v) is 2.61. The average Bonchev–Trinajstić information content (AvgIpc) is 2.35. The zero-order valence-electron chi connectivity index (χ0n) is 11.5. The van der Waals surface area contributed by atoms with E-state index in [9.17, 15) is 0 Å². The van der Waals surface area contributed by atoms with Gasteiger partial charge in [-0.05, 0) is 43.5 Å². The Morgan fingerprint density at radius 3 is 2.56 bits per heavy atom. The Kier molecular flexibility index (Phi) is 4.48. The molecule has 2 rings (SSSR count). The maximum absolute atomic E-state index is 5.50. The van der Waals surface area contributed by atoms with Crippen molar-refractivity contribution >= 4 is 0 Å². The summed E-state index contributed by atoms with van der Waals surface area (Å²) in [7, 11) is 3.44. The highest BCUT2D eigenvalue weighted by molar-refractivity contribution is 5.42. The molecule has 0 amide bonds. The van der Waals surface area contributed by atoms with Crippen molar-refractivity contribution in [2.24, 2.45) is 5.92 Å². The van der Waals surface area contributed by atoms with Gasteiger partial charge in [0.05, 0.1) is 14.2 Å². The van der Waals surface area contributed by atoms with Crippen molar-refractivity contribution in [3.63, 3.8) is 0 Å². The molecule has 1 aromatic rings. The largest absolute Gasteiger partial charge is 0.497 e. The van der Waals surface area contributed by atoms with E-state index in [2.05, 4.69) is 18.3 Å². The molecule has 0 aliphatic heterocycles. The van der Waals surface area contributed by atoms with Crippen LogP contribution in [-0.2, 0) is 0 Å². The van der Waals surface area contributed by atoms with Crippen LogP contribution in [0.5, 0.6) is 11.5 Å². The summed E-state index contributed by atoms with van der Waals surface area (Å²) in [5, 5.41) is 3.59. The number of benzene rings is 1. The van der Waals surface area contributed by atoms with Crippen molar-refractivity contribution in [1.82, 2.24) is 5.32 Å². The Labute approximate surface area is 109 Å². The predicted molar refractivity (Wildman–Crippen MR) is 73.3 cm³/mol. The van der Waals surface area contributed by atoms with Crippen molar-refractivity contribution in [2.45, 2.75) is 32.2 Å². The Hall–Kier alpha value is -1.22. The van der Waals surface area contributed by atoms with Gasteiger partial charge in [-0.3, -0.25) is 0 Å². The fourth-order valence-electron chi connectivity index (χ4n) is 2.61. The standard InChI is InChI=1S/C15H23NO2/c1-4-16-15(11-6-5-7-11)13-10-12(17-2)8-9-14(13)18-3/h8-11,15-16H,4-7H2,1-3H3. The molecule has 100 valence electrons. The second-order valence-corrected chi connectivity index (χ2v) is 4.83.